The lowest BCUT2D eigenvalue weighted by atomic mass is 10.00. The number of benzene rings is 4. The summed E-state index contributed by atoms with van der Waals surface area (Å²) in [7, 11) is 0. The highest BCUT2D eigenvalue weighted by atomic mass is 35.5. The van der Waals surface area contributed by atoms with Gasteiger partial charge in [0.2, 0.25) is 0 Å². The van der Waals surface area contributed by atoms with Gasteiger partial charge in [0.1, 0.15) is 0 Å². The van der Waals surface area contributed by atoms with E-state index in [0.717, 1.165) is 16.4 Å². The van der Waals surface area contributed by atoms with Crippen molar-refractivity contribution in [2.24, 2.45) is 0 Å². The van der Waals surface area contributed by atoms with Crippen LogP contribution in [0.1, 0.15) is 0 Å². The van der Waals surface area contributed by atoms with Crippen LogP contribution in [0.3, 0.4) is 0 Å². The van der Waals surface area contributed by atoms with Crippen LogP contribution in [0, 0.1) is 0 Å². The molecule has 4 aromatic rings. The monoisotopic (exact) mass is 329 g/mol. The van der Waals surface area contributed by atoms with Crippen LogP contribution in [-0.4, -0.2) is 0 Å². The fourth-order valence-electron chi connectivity index (χ4n) is 2.89. The zero-order chi connectivity index (χ0) is 16.4. The van der Waals surface area contributed by atoms with Crippen LogP contribution in [0.5, 0.6) is 0 Å². The molecule has 2 heteroatoms. The van der Waals surface area contributed by atoms with Crippen molar-refractivity contribution in [1.29, 1.82) is 0 Å². The van der Waals surface area contributed by atoms with E-state index in [9.17, 15) is 0 Å². The fourth-order valence-corrected chi connectivity index (χ4v) is 3.02. The van der Waals surface area contributed by atoms with Crippen molar-refractivity contribution in [3.05, 3.63) is 96.0 Å². The van der Waals surface area contributed by atoms with Gasteiger partial charge in [-0.25, -0.2) is 0 Å². The zero-order valence-electron chi connectivity index (χ0n) is 13.0. The number of hydrogen-bond donors (Lipinski definition) is 1. The summed E-state index contributed by atoms with van der Waals surface area (Å²) in [6.45, 7) is 0. The Labute approximate surface area is 146 Å². The van der Waals surface area contributed by atoms with Crippen molar-refractivity contribution in [2.45, 2.75) is 0 Å². The molecule has 0 spiro atoms. The van der Waals surface area contributed by atoms with Gasteiger partial charge in [0.25, 0.3) is 0 Å². The summed E-state index contributed by atoms with van der Waals surface area (Å²) >= 11 is 5.97. The summed E-state index contributed by atoms with van der Waals surface area (Å²) in [6, 6.07) is 31.1. The average molecular weight is 330 g/mol. The van der Waals surface area contributed by atoms with Gasteiger partial charge in [0.05, 0.1) is 0 Å². The molecule has 116 valence electrons. The van der Waals surface area contributed by atoms with E-state index in [4.69, 9.17) is 11.6 Å². The second-order valence-electron chi connectivity index (χ2n) is 5.74. The zero-order valence-corrected chi connectivity index (χ0v) is 13.8. The van der Waals surface area contributed by atoms with E-state index in [1.807, 2.05) is 30.3 Å². The maximum atomic E-state index is 5.97. The summed E-state index contributed by atoms with van der Waals surface area (Å²) in [6.07, 6.45) is 0. The summed E-state index contributed by atoms with van der Waals surface area (Å²) in [5.41, 5.74) is 4.48. The quantitative estimate of drug-likeness (QED) is 0.431. The predicted molar refractivity (Wildman–Crippen MR) is 104 cm³/mol. The maximum absolute atomic E-state index is 5.97. The van der Waals surface area contributed by atoms with Gasteiger partial charge in [-0.05, 0) is 52.7 Å². The molecule has 0 saturated carbocycles. The number of rotatable bonds is 3. The van der Waals surface area contributed by atoms with E-state index in [-0.39, 0.29) is 0 Å². The van der Waals surface area contributed by atoms with Crippen molar-refractivity contribution >= 4 is 33.7 Å². The van der Waals surface area contributed by atoms with Crippen LogP contribution in [-0.2, 0) is 0 Å². The van der Waals surface area contributed by atoms with E-state index in [1.54, 1.807) is 0 Å². The van der Waals surface area contributed by atoms with Crippen LogP contribution < -0.4 is 5.32 Å². The highest BCUT2D eigenvalue weighted by molar-refractivity contribution is 6.30. The van der Waals surface area contributed by atoms with Crippen LogP contribution in [0.15, 0.2) is 91.0 Å². The minimum absolute atomic E-state index is 0.739. The van der Waals surface area contributed by atoms with Crippen LogP contribution in [0.2, 0.25) is 5.02 Å². The van der Waals surface area contributed by atoms with Crippen molar-refractivity contribution in [2.75, 3.05) is 5.32 Å². The molecule has 0 aliphatic rings. The van der Waals surface area contributed by atoms with E-state index < -0.39 is 0 Å². The third-order valence-electron chi connectivity index (χ3n) is 4.11. The van der Waals surface area contributed by atoms with Crippen LogP contribution in [0.4, 0.5) is 11.4 Å². The number of halogens is 1. The molecule has 1 nitrogen and oxygen atoms in total. The van der Waals surface area contributed by atoms with Crippen LogP contribution >= 0.6 is 11.6 Å². The fraction of sp³-hybridized carbons (Fsp3) is 0. The van der Waals surface area contributed by atoms with Crippen molar-refractivity contribution < 1.29 is 0 Å². The first-order chi connectivity index (χ1) is 11.8. The first-order valence-electron chi connectivity index (χ1n) is 7.90. The van der Waals surface area contributed by atoms with Gasteiger partial charge in [-0.2, -0.15) is 0 Å². The molecule has 24 heavy (non-hydrogen) atoms. The van der Waals surface area contributed by atoms with Crippen molar-refractivity contribution in [1.82, 2.24) is 0 Å². The normalized spacial score (nSPS) is 10.7. The molecular formula is C22H16ClN. The molecule has 0 bridgehead atoms. The lowest BCUT2D eigenvalue weighted by Crippen LogP contribution is -1.93. The Morgan fingerprint density at radius 2 is 1.33 bits per heavy atom. The molecule has 0 amide bonds. The van der Waals surface area contributed by atoms with Gasteiger partial charge in [-0.1, -0.05) is 66.2 Å². The SMILES string of the molecule is Clc1ccc(Nc2ccccc2-c2ccc3ccccc3c2)cc1. The van der Waals surface area contributed by atoms with E-state index in [2.05, 4.69) is 66.0 Å². The van der Waals surface area contributed by atoms with Gasteiger partial charge in [-0.15, -0.1) is 0 Å². The molecule has 0 radical (unpaired) electrons. The van der Waals surface area contributed by atoms with E-state index >= 15 is 0 Å². The summed E-state index contributed by atoms with van der Waals surface area (Å²) in [5, 5.41) is 6.73. The largest absolute Gasteiger partial charge is 0.355 e. The Morgan fingerprint density at radius 1 is 0.625 bits per heavy atom. The number of hydrogen-bond acceptors (Lipinski definition) is 1. The highest BCUT2D eigenvalue weighted by Gasteiger charge is 2.06. The summed E-state index contributed by atoms with van der Waals surface area (Å²) in [5.74, 6) is 0. The number of fused-ring (bicyclic) bond motifs is 1. The molecular weight excluding hydrogens is 314 g/mol. The summed E-state index contributed by atoms with van der Waals surface area (Å²) < 4.78 is 0. The van der Waals surface area contributed by atoms with Crippen LogP contribution in [0.25, 0.3) is 21.9 Å². The third kappa shape index (κ3) is 2.99. The molecule has 0 unspecified atom stereocenters. The molecule has 0 saturated heterocycles. The third-order valence-corrected chi connectivity index (χ3v) is 4.36. The summed E-state index contributed by atoms with van der Waals surface area (Å²) in [4.78, 5) is 0. The molecule has 0 heterocycles. The smallest absolute Gasteiger partial charge is 0.0463 e. The lowest BCUT2D eigenvalue weighted by Gasteiger charge is -2.13. The minimum atomic E-state index is 0.739. The molecule has 4 rings (SSSR count). The van der Waals surface area contributed by atoms with Gasteiger partial charge in [0.15, 0.2) is 0 Å². The first kappa shape index (κ1) is 14.8. The predicted octanol–water partition coefficient (Wildman–Crippen LogP) is 6.90. The molecule has 0 aromatic heterocycles. The Bertz CT molecular complexity index is 990. The molecule has 0 fully saturated rings. The Hall–Kier alpha value is -2.77. The molecule has 0 aliphatic carbocycles. The van der Waals surface area contributed by atoms with E-state index in [1.165, 1.54) is 21.9 Å². The van der Waals surface area contributed by atoms with Gasteiger partial charge < -0.3 is 5.32 Å². The molecule has 4 aromatic carbocycles. The molecule has 1 N–H and O–H groups in total. The highest BCUT2D eigenvalue weighted by Crippen LogP contribution is 2.32. The number of nitrogens with one attached hydrogen (secondary N) is 1. The lowest BCUT2D eigenvalue weighted by molar-refractivity contribution is 1.54. The average Bonchev–Trinajstić information content (AvgIpc) is 2.64. The topological polar surface area (TPSA) is 12.0 Å². The van der Waals surface area contributed by atoms with E-state index in [0.29, 0.717) is 0 Å². The van der Waals surface area contributed by atoms with Gasteiger partial charge in [-0.3, -0.25) is 0 Å². The van der Waals surface area contributed by atoms with Gasteiger partial charge >= 0.3 is 0 Å². The second-order valence-corrected chi connectivity index (χ2v) is 6.18. The molecule has 0 aliphatic heterocycles. The van der Waals surface area contributed by atoms with Gasteiger partial charge in [0, 0.05) is 22.0 Å². The standard InChI is InChI=1S/C22H16ClN/c23-19-11-13-20(14-12-19)24-22-8-4-3-7-21(22)18-10-9-16-5-1-2-6-17(16)15-18/h1-15,24H. The maximum Gasteiger partial charge on any atom is 0.0463 e. The van der Waals surface area contributed by atoms with Crippen molar-refractivity contribution in [3.8, 4) is 11.1 Å². The first-order valence-corrected chi connectivity index (χ1v) is 8.28. The Morgan fingerprint density at radius 3 is 2.17 bits per heavy atom. The Kier molecular flexibility index (Phi) is 3.94. The second kappa shape index (κ2) is 6.38. The number of para-hydroxylation sites is 1. The molecule has 0 atom stereocenters. The van der Waals surface area contributed by atoms with Crippen molar-refractivity contribution in [3.63, 3.8) is 0 Å². The Balaban J connectivity index is 1.76. The number of anilines is 2. The minimum Gasteiger partial charge on any atom is -0.355 e.